The molecule has 1 N–H and O–H groups in total. The SMILES string of the molecule is [B]C(S)(S)C(CC)c1nc(NC2CCN(C(=C)C)CC2F)nn2cc(F)c(-c3cc(C)c(N=CC)c(F)c3)c12. The molecule has 1 fully saturated rings. The minimum absolute atomic E-state index is 0.119. The first-order valence-corrected chi connectivity index (χ1v) is 13.7. The summed E-state index contributed by atoms with van der Waals surface area (Å²) in [4.78, 5) is 10.7. The molecule has 0 spiro atoms. The van der Waals surface area contributed by atoms with E-state index in [2.05, 4.69) is 47.2 Å². The number of aryl methyl sites for hydroxylation is 1. The lowest BCUT2D eigenvalue weighted by Crippen LogP contribution is -2.47. The van der Waals surface area contributed by atoms with Crippen LogP contribution >= 0.6 is 25.3 Å². The van der Waals surface area contributed by atoms with E-state index in [1.165, 1.54) is 23.0 Å². The fourth-order valence-electron chi connectivity index (χ4n) is 5.11. The zero-order chi connectivity index (χ0) is 28.6. The van der Waals surface area contributed by atoms with Gasteiger partial charge in [-0.05, 0) is 56.9 Å². The number of nitrogens with zero attached hydrogens (tertiary/aromatic N) is 5. The van der Waals surface area contributed by atoms with Crippen molar-refractivity contribution in [1.82, 2.24) is 19.5 Å². The van der Waals surface area contributed by atoms with Gasteiger partial charge in [-0.25, -0.2) is 22.7 Å². The number of rotatable bonds is 8. The molecule has 1 aliphatic rings. The van der Waals surface area contributed by atoms with E-state index in [9.17, 15) is 0 Å². The molecule has 0 amide bonds. The Kier molecular flexibility index (Phi) is 8.66. The lowest BCUT2D eigenvalue weighted by Gasteiger charge is -2.36. The van der Waals surface area contributed by atoms with Gasteiger partial charge < -0.3 is 10.2 Å². The van der Waals surface area contributed by atoms with E-state index >= 15 is 13.2 Å². The molecule has 3 unspecified atom stereocenters. The third-order valence-corrected chi connectivity index (χ3v) is 7.68. The summed E-state index contributed by atoms with van der Waals surface area (Å²) in [6.07, 6.45) is 2.46. The fraction of sp³-hybridized carbons (Fsp3) is 0.444. The van der Waals surface area contributed by atoms with Gasteiger partial charge in [0, 0.05) is 33.9 Å². The number of fused-ring (bicyclic) bond motifs is 1. The molecule has 3 atom stereocenters. The lowest BCUT2D eigenvalue weighted by atomic mass is 9.83. The number of thiol groups is 2. The van der Waals surface area contributed by atoms with Crippen molar-refractivity contribution in [3.63, 3.8) is 0 Å². The summed E-state index contributed by atoms with van der Waals surface area (Å²) < 4.78 is 45.7. The first-order chi connectivity index (χ1) is 18.3. The molecule has 0 aliphatic carbocycles. The maximum absolute atomic E-state index is 15.6. The summed E-state index contributed by atoms with van der Waals surface area (Å²) >= 11 is 8.96. The van der Waals surface area contributed by atoms with Gasteiger partial charge in [0.05, 0.1) is 30.0 Å². The maximum Gasteiger partial charge on any atom is 0.241 e. The molecular formula is C27H32BF3N6S2. The fourth-order valence-corrected chi connectivity index (χ4v) is 5.72. The van der Waals surface area contributed by atoms with Gasteiger partial charge in [-0.15, -0.1) is 5.10 Å². The van der Waals surface area contributed by atoms with E-state index in [4.69, 9.17) is 12.8 Å². The zero-order valence-corrected chi connectivity index (χ0v) is 24.2. The number of piperidine rings is 1. The average molecular weight is 573 g/mol. The average Bonchev–Trinajstić information content (AvgIpc) is 3.17. The molecule has 3 aromatic rings. The van der Waals surface area contributed by atoms with Gasteiger partial charge in [-0.2, -0.15) is 25.3 Å². The maximum atomic E-state index is 15.6. The number of aliphatic imine (C=N–C) groups is 1. The number of aromatic nitrogens is 3. The number of hydrogen-bond acceptors (Lipinski definition) is 7. The van der Waals surface area contributed by atoms with E-state index in [1.54, 1.807) is 19.9 Å². The Bertz CT molecular complexity index is 1400. The molecule has 0 bridgehead atoms. The first-order valence-electron chi connectivity index (χ1n) is 12.8. The van der Waals surface area contributed by atoms with Crippen LogP contribution in [0.25, 0.3) is 16.6 Å². The van der Waals surface area contributed by atoms with Crippen LogP contribution in [0.3, 0.4) is 0 Å². The Balaban J connectivity index is 1.87. The van der Waals surface area contributed by atoms with Crippen molar-refractivity contribution in [1.29, 1.82) is 0 Å². The van der Waals surface area contributed by atoms with Crippen LogP contribution in [0.4, 0.5) is 24.8 Å². The molecule has 12 heteroatoms. The van der Waals surface area contributed by atoms with Gasteiger partial charge in [0.2, 0.25) is 5.95 Å². The minimum atomic E-state index is -1.32. The molecule has 2 aromatic heterocycles. The molecule has 0 saturated carbocycles. The number of alkyl halides is 1. The van der Waals surface area contributed by atoms with E-state index in [0.717, 1.165) is 5.70 Å². The van der Waals surface area contributed by atoms with Gasteiger partial charge in [0.15, 0.2) is 5.82 Å². The zero-order valence-electron chi connectivity index (χ0n) is 22.4. The Labute approximate surface area is 239 Å². The molecule has 39 heavy (non-hydrogen) atoms. The van der Waals surface area contributed by atoms with Gasteiger partial charge >= 0.3 is 0 Å². The third-order valence-electron chi connectivity index (χ3n) is 7.06. The number of benzene rings is 1. The highest BCUT2D eigenvalue weighted by molar-refractivity contribution is 8.02. The van der Waals surface area contributed by atoms with Crippen molar-refractivity contribution in [2.75, 3.05) is 18.4 Å². The van der Waals surface area contributed by atoms with Crippen LogP contribution in [0.2, 0.25) is 0 Å². The van der Waals surface area contributed by atoms with Crippen LogP contribution in [-0.2, 0) is 0 Å². The van der Waals surface area contributed by atoms with E-state index in [1.807, 2.05) is 18.7 Å². The van der Waals surface area contributed by atoms with Gasteiger partial charge in [-0.1, -0.05) is 13.5 Å². The van der Waals surface area contributed by atoms with Crippen LogP contribution in [0.15, 0.2) is 35.6 Å². The minimum Gasteiger partial charge on any atom is -0.372 e. The van der Waals surface area contributed by atoms with Crippen molar-refractivity contribution in [3.8, 4) is 11.1 Å². The van der Waals surface area contributed by atoms with Crippen LogP contribution in [-0.4, -0.2) is 62.8 Å². The topological polar surface area (TPSA) is 57.8 Å². The number of anilines is 1. The van der Waals surface area contributed by atoms with E-state index in [0.29, 0.717) is 41.7 Å². The third kappa shape index (κ3) is 5.96. The van der Waals surface area contributed by atoms with Crippen molar-refractivity contribution < 1.29 is 13.2 Å². The van der Waals surface area contributed by atoms with Crippen LogP contribution in [0, 0.1) is 18.6 Å². The smallest absolute Gasteiger partial charge is 0.241 e. The molecule has 1 aromatic carbocycles. The van der Waals surface area contributed by atoms with E-state index < -0.39 is 33.7 Å². The van der Waals surface area contributed by atoms with Crippen molar-refractivity contribution in [3.05, 3.63) is 53.5 Å². The second kappa shape index (κ2) is 11.5. The summed E-state index contributed by atoms with van der Waals surface area (Å²) in [6.45, 7) is 11.9. The summed E-state index contributed by atoms with van der Waals surface area (Å²) in [5, 5.41) is 7.56. The normalized spacial score (nSPS) is 19.2. The molecule has 1 aliphatic heterocycles. The van der Waals surface area contributed by atoms with Crippen LogP contribution in [0.5, 0.6) is 0 Å². The van der Waals surface area contributed by atoms with Crippen molar-refractivity contribution >= 4 is 56.5 Å². The number of halogens is 3. The summed E-state index contributed by atoms with van der Waals surface area (Å²) in [7, 11) is 6.31. The second-order valence-corrected chi connectivity index (χ2v) is 11.8. The quantitative estimate of drug-likeness (QED) is 0.130. The highest BCUT2D eigenvalue weighted by Gasteiger charge is 2.34. The molecule has 4 rings (SSSR count). The Morgan fingerprint density at radius 3 is 2.64 bits per heavy atom. The highest BCUT2D eigenvalue weighted by atomic mass is 32.2. The predicted molar refractivity (Wildman–Crippen MR) is 160 cm³/mol. The van der Waals surface area contributed by atoms with Crippen LogP contribution in [0.1, 0.15) is 50.8 Å². The lowest BCUT2D eigenvalue weighted by molar-refractivity contribution is 0.154. The van der Waals surface area contributed by atoms with E-state index in [-0.39, 0.29) is 23.7 Å². The molecule has 2 radical (unpaired) electrons. The standard InChI is InChI=1S/C27H32BF3N6S2/c1-6-17(27(28,38)39)24-25-22(16-10-15(5)23(32-7-2)18(29)11-16)20(31)13-37(25)35-26(34-24)33-21-8-9-36(14(3)4)12-19(21)30/h7,10-11,13,17,19,21,38-39H,3,6,8-9,12H2,1-2,4-5H3,(H,33,35). The monoisotopic (exact) mass is 572 g/mol. The predicted octanol–water partition coefficient (Wildman–Crippen LogP) is 6.24. The molecule has 206 valence electrons. The Hall–Kier alpha value is -2.60. The first kappa shape index (κ1) is 29.4. The summed E-state index contributed by atoms with van der Waals surface area (Å²) in [5.74, 6) is -1.65. The van der Waals surface area contributed by atoms with Crippen molar-refractivity contribution in [2.45, 2.75) is 62.6 Å². The Morgan fingerprint density at radius 1 is 1.36 bits per heavy atom. The number of allylic oxidation sites excluding steroid dienone is 1. The number of hydrogen-bond donors (Lipinski definition) is 3. The van der Waals surface area contributed by atoms with Gasteiger partial charge in [-0.3, -0.25) is 4.99 Å². The summed E-state index contributed by atoms with van der Waals surface area (Å²) in [6, 6.07) is 2.36. The second-order valence-electron chi connectivity index (χ2n) is 9.96. The molecular weight excluding hydrogens is 540 g/mol. The highest BCUT2D eigenvalue weighted by Crippen LogP contribution is 2.42. The van der Waals surface area contributed by atoms with Gasteiger partial charge in [0.25, 0.3) is 0 Å². The summed E-state index contributed by atoms with van der Waals surface area (Å²) in [5.41, 5.74) is 2.63. The molecule has 3 heterocycles. The Morgan fingerprint density at radius 2 is 2.08 bits per heavy atom. The van der Waals surface area contributed by atoms with Gasteiger partial charge in [0.1, 0.15) is 25.5 Å². The molecule has 6 nitrogen and oxygen atoms in total. The number of nitrogens with one attached hydrogen (secondary N) is 1. The van der Waals surface area contributed by atoms with Crippen molar-refractivity contribution in [2.24, 2.45) is 4.99 Å². The molecule has 1 saturated heterocycles. The van der Waals surface area contributed by atoms with Crippen LogP contribution < -0.4 is 5.32 Å². The number of likely N-dealkylation sites (tertiary alicyclic amines) is 1. The largest absolute Gasteiger partial charge is 0.372 e.